The smallest absolute Gasteiger partial charge is 0.543 e. The Kier molecular flexibility index (Phi) is 13.1. The number of carboxylic acid groups (broad SMARTS) is 2. The molecule has 0 aliphatic carbocycles. The fourth-order valence-electron chi connectivity index (χ4n) is 2.67. The number of nitrogens with zero attached hydrogens (tertiary/aromatic N) is 6. The van der Waals surface area contributed by atoms with E-state index in [9.17, 15) is 19.8 Å². The number of aromatic carboxylic acids is 2. The minimum Gasteiger partial charge on any atom is -0.543 e. The van der Waals surface area contributed by atoms with Crippen molar-refractivity contribution in [3.05, 3.63) is 96.8 Å². The molecule has 4 aromatic heterocycles. The molecule has 0 bridgehead atoms. The summed E-state index contributed by atoms with van der Waals surface area (Å²) in [7, 11) is 8.04. The molecule has 37 heavy (non-hydrogen) atoms. The van der Waals surface area contributed by atoms with E-state index in [1.54, 1.807) is 24.8 Å². The minimum absolute atomic E-state index is 0. The number of carbonyl (C=O) groups excluding carboxylic acids is 2. The largest absolute Gasteiger partial charge is 2.00 e. The van der Waals surface area contributed by atoms with Gasteiger partial charge < -0.3 is 29.6 Å². The third-order valence-electron chi connectivity index (χ3n) is 4.54. The number of anilines is 2. The molecule has 4 heterocycles. The van der Waals surface area contributed by atoms with Gasteiger partial charge in [-0.1, -0.05) is 12.1 Å². The van der Waals surface area contributed by atoms with Crippen LogP contribution in [0.2, 0.25) is 0 Å². The van der Waals surface area contributed by atoms with Crippen LogP contribution in [0.4, 0.5) is 11.4 Å². The first kappa shape index (κ1) is 30.8. The maximum atomic E-state index is 10.7. The molecule has 0 amide bonds. The van der Waals surface area contributed by atoms with E-state index < -0.39 is 11.9 Å². The van der Waals surface area contributed by atoms with Crippen molar-refractivity contribution in [2.75, 3.05) is 38.0 Å². The van der Waals surface area contributed by atoms with Gasteiger partial charge in [0.25, 0.3) is 0 Å². The fourth-order valence-corrected chi connectivity index (χ4v) is 2.67. The van der Waals surface area contributed by atoms with Gasteiger partial charge in [0.1, 0.15) is 0 Å². The molecule has 192 valence electrons. The second kappa shape index (κ2) is 15.7. The summed E-state index contributed by atoms with van der Waals surface area (Å²) in [6, 6.07) is 16.4. The summed E-state index contributed by atoms with van der Waals surface area (Å²) in [4.78, 5) is 40.8. The number of rotatable bonds is 5. The SMILES string of the molecule is CN(C)c1ccncc1.CN(C)c1ccncc1.O=C([O-])c1cccc(-c2cccc(C(=O)[O-])n2)n1.[Ru+2]. The summed E-state index contributed by atoms with van der Waals surface area (Å²) in [5.74, 6) is -2.82. The Morgan fingerprint density at radius 2 is 0.919 bits per heavy atom. The summed E-state index contributed by atoms with van der Waals surface area (Å²) in [5, 5.41) is 21.3. The van der Waals surface area contributed by atoms with Crippen molar-refractivity contribution in [3.8, 4) is 11.4 Å². The van der Waals surface area contributed by atoms with Crippen molar-refractivity contribution >= 4 is 23.3 Å². The van der Waals surface area contributed by atoms with Gasteiger partial charge in [-0.15, -0.1) is 0 Å². The van der Waals surface area contributed by atoms with Crippen LogP contribution in [0.25, 0.3) is 11.4 Å². The Morgan fingerprint density at radius 1 is 0.595 bits per heavy atom. The zero-order valence-corrected chi connectivity index (χ0v) is 22.5. The molecule has 0 saturated heterocycles. The van der Waals surface area contributed by atoms with E-state index >= 15 is 0 Å². The van der Waals surface area contributed by atoms with Gasteiger partial charge in [-0.25, -0.2) is 9.97 Å². The first-order valence-corrected chi connectivity index (χ1v) is 10.7. The Bertz CT molecular complexity index is 1160. The molecule has 10 nitrogen and oxygen atoms in total. The van der Waals surface area contributed by atoms with Crippen molar-refractivity contribution in [1.29, 1.82) is 0 Å². The third kappa shape index (κ3) is 10.5. The monoisotopic (exact) mass is 588 g/mol. The van der Waals surface area contributed by atoms with Crippen LogP contribution in [0.5, 0.6) is 0 Å². The first-order chi connectivity index (χ1) is 17.2. The van der Waals surface area contributed by atoms with Gasteiger partial charge in [0.15, 0.2) is 0 Å². The molecule has 0 atom stereocenters. The number of carbonyl (C=O) groups is 2. The van der Waals surface area contributed by atoms with Crippen molar-refractivity contribution in [2.24, 2.45) is 0 Å². The van der Waals surface area contributed by atoms with Gasteiger partial charge in [0, 0.05) is 64.4 Å². The Balaban J connectivity index is 0.000000304. The summed E-state index contributed by atoms with van der Waals surface area (Å²) in [6.45, 7) is 0. The molecule has 0 saturated carbocycles. The van der Waals surface area contributed by atoms with Crippen LogP contribution in [0.3, 0.4) is 0 Å². The maximum Gasteiger partial charge on any atom is 2.00 e. The van der Waals surface area contributed by atoms with E-state index in [1.165, 1.54) is 47.8 Å². The Labute approximate surface area is 228 Å². The Hall–Kier alpha value is -4.24. The van der Waals surface area contributed by atoms with E-state index in [0.29, 0.717) is 0 Å². The molecule has 0 unspecified atom stereocenters. The van der Waals surface area contributed by atoms with Crippen molar-refractivity contribution in [1.82, 2.24) is 19.9 Å². The number of hydrogen-bond acceptors (Lipinski definition) is 10. The number of aromatic nitrogens is 4. The van der Waals surface area contributed by atoms with Gasteiger partial charge in [-0.2, -0.15) is 0 Å². The fraction of sp³-hybridized carbons (Fsp3) is 0.154. The second-order valence-corrected chi connectivity index (χ2v) is 7.59. The van der Waals surface area contributed by atoms with Crippen LogP contribution < -0.4 is 20.0 Å². The molecular weight excluding hydrogens is 561 g/mol. The summed E-state index contributed by atoms with van der Waals surface area (Å²) >= 11 is 0. The van der Waals surface area contributed by atoms with Crippen LogP contribution in [0.1, 0.15) is 21.0 Å². The number of hydrogen-bond donors (Lipinski definition) is 0. The van der Waals surface area contributed by atoms with Crippen LogP contribution in [-0.4, -0.2) is 60.1 Å². The average molecular weight is 588 g/mol. The topological polar surface area (TPSA) is 138 Å². The van der Waals surface area contributed by atoms with Crippen molar-refractivity contribution < 1.29 is 39.3 Å². The zero-order chi connectivity index (χ0) is 26.5. The molecule has 0 N–H and O–H groups in total. The summed E-state index contributed by atoms with van der Waals surface area (Å²) < 4.78 is 0. The molecule has 0 aliphatic heterocycles. The standard InChI is InChI=1S/C12H8N2O4.2C7H10N2.Ru/c15-11(16)9-5-1-3-7(13-9)8-4-2-6-10(14-8)12(17)18;2*1-9(2)7-3-5-8-6-4-7;/h1-6H,(H,15,16)(H,17,18);2*3-6H,1-2H3;/q;;;+2/p-2. The van der Waals surface area contributed by atoms with Gasteiger partial charge in [0.05, 0.1) is 34.7 Å². The van der Waals surface area contributed by atoms with Gasteiger partial charge in [0.2, 0.25) is 0 Å². The molecule has 4 rings (SSSR count). The second-order valence-electron chi connectivity index (χ2n) is 7.59. The van der Waals surface area contributed by atoms with Crippen molar-refractivity contribution in [3.63, 3.8) is 0 Å². The predicted molar refractivity (Wildman–Crippen MR) is 133 cm³/mol. The van der Waals surface area contributed by atoms with E-state index in [-0.39, 0.29) is 42.3 Å². The van der Waals surface area contributed by atoms with Gasteiger partial charge in [-0.05, 0) is 48.5 Å². The molecule has 0 radical (unpaired) electrons. The number of pyridine rings is 4. The quantitative estimate of drug-likeness (QED) is 0.313. The molecule has 4 aromatic rings. The summed E-state index contributed by atoms with van der Waals surface area (Å²) in [6.07, 6.45) is 7.15. The van der Waals surface area contributed by atoms with Crippen LogP contribution in [0, 0.1) is 0 Å². The molecule has 0 spiro atoms. The maximum absolute atomic E-state index is 10.7. The van der Waals surface area contributed by atoms with E-state index in [0.717, 1.165) is 0 Å². The normalized spacial score (nSPS) is 9.30. The van der Waals surface area contributed by atoms with Crippen LogP contribution in [0.15, 0.2) is 85.5 Å². The zero-order valence-electron chi connectivity index (χ0n) is 20.8. The summed E-state index contributed by atoms with van der Waals surface area (Å²) in [5.41, 5.74) is 2.39. The molecular formula is C26H26N6O4Ru. The van der Waals surface area contributed by atoms with Crippen LogP contribution in [-0.2, 0) is 19.5 Å². The predicted octanol–water partition coefficient (Wildman–Crippen LogP) is 1.16. The number of carboxylic acids is 2. The van der Waals surface area contributed by atoms with Gasteiger partial charge >= 0.3 is 19.5 Å². The van der Waals surface area contributed by atoms with Crippen molar-refractivity contribution in [2.45, 2.75) is 0 Å². The average Bonchev–Trinajstić information content (AvgIpc) is 2.90. The molecule has 11 heteroatoms. The van der Waals surface area contributed by atoms with Crippen LogP contribution >= 0.6 is 0 Å². The first-order valence-electron chi connectivity index (χ1n) is 10.7. The molecule has 0 fully saturated rings. The minimum atomic E-state index is -1.41. The Morgan fingerprint density at radius 3 is 1.16 bits per heavy atom. The van der Waals surface area contributed by atoms with Gasteiger partial charge in [-0.3, -0.25) is 9.97 Å². The van der Waals surface area contributed by atoms with E-state index in [4.69, 9.17) is 0 Å². The molecule has 0 aliphatic rings. The van der Waals surface area contributed by atoms with E-state index in [1.807, 2.05) is 62.3 Å². The third-order valence-corrected chi connectivity index (χ3v) is 4.54. The van der Waals surface area contributed by atoms with E-state index in [2.05, 4.69) is 19.9 Å². The molecule has 0 aromatic carbocycles.